The maximum Gasteiger partial charge on any atom is 0.274 e. The summed E-state index contributed by atoms with van der Waals surface area (Å²) in [6, 6.07) is 13.0. The number of fused-ring (bicyclic) bond motifs is 1. The van der Waals surface area contributed by atoms with Gasteiger partial charge < -0.3 is 10.0 Å². The van der Waals surface area contributed by atoms with E-state index in [0.29, 0.717) is 31.3 Å². The first kappa shape index (κ1) is 17.7. The van der Waals surface area contributed by atoms with E-state index in [9.17, 15) is 9.90 Å². The third kappa shape index (κ3) is 3.46. The molecule has 1 aliphatic rings. The van der Waals surface area contributed by atoms with Crippen molar-refractivity contribution < 1.29 is 5.11 Å². The molecule has 7 heteroatoms. The zero-order valence-corrected chi connectivity index (χ0v) is 15.4. The molecule has 0 radical (unpaired) electrons. The fourth-order valence-electron chi connectivity index (χ4n) is 3.35. The van der Waals surface area contributed by atoms with Crippen LogP contribution in [0.1, 0.15) is 18.1 Å². The number of halogens is 1. The van der Waals surface area contributed by atoms with Crippen molar-refractivity contribution in [2.24, 2.45) is 0 Å². The number of hydrogen-bond donors (Lipinski definition) is 1. The van der Waals surface area contributed by atoms with Gasteiger partial charge in [-0.3, -0.25) is 14.3 Å². The first-order chi connectivity index (χ1) is 13.1. The molecule has 1 aromatic carbocycles. The summed E-state index contributed by atoms with van der Waals surface area (Å²) in [7, 11) is 0. The molecule has 3 heterocycles. The minimum absolute atomic E-state index is 0.107. The second-order valence-electron chi connectivity index (χ2n) is 6.49. The van der Waals surface area contributed by atoms with Gasteiger partial charge in [-0.25, -0.2) is 4.98 Å². The van der Waals surface area contributed by atoms with Crippen LogP contribution in [-0.2, 0) is 6.54 Å². The highest BCUT2D eigenvalue weighted by molar-refractivity contribution is 6.32. The lowest BCUT2D eigenvalue weighted by Gasteiger charge is -2.32. The van der Waals surface area contributed by atoms with E-state index in [4.69, 9.17) is 16.6 Å². The van der Waals surface area contributed by atoms with Gasteiger partial charge in [0.1, 0.15) is 5.02 Å². The van der Waals surface area contributed by atoms with E-state index < -0.39 is 6.10 Å². The predicted octanol–water partition coefficient (Wildman–Crippen LogP) is 2.90. The predicted molar refractivity (Wildman–Crippen MR) is 105 cm³/mol. The molecule has 0 spiro atoms. The molecule has 0 unspecified atom stereocenters. The molecule has 4 rings (SSSR count). The number of benzene rings is 1. The van der Waals surface area contributed by atoms with Gasteiger partial charge in [0.05, 0.1) is 18.3 Å². The fourth-order valence-corrected chi connectivity index (χ4v) is 3.60. The maximum absolute atomic E-state index is 12.8. The van der Waals surface area contributed by atoms with Crippen LogP contribution < -0.4 is 10.5 Å². The van der Waals surface area contributed by atoms with Crippen molar-refractivity contribution in [2.75, 3.05) is 18.0 Å². The lowest BCUT2D eigenvalue weighted by molar-refractivity contribution is 0.181. The van der Waals surface area contributed by atoms with Crippen LogP contribution in [-0.4, -0.2) is 32.7 Å². The molecule has 0 fully saturated rings. The third-order valence-electron chi connectivity index (χ3n) is 4.72. The Balaban J connectivity index is 1.73. The number of rotatable bonds is 4. The zero-order valence-electron chi connectivity index (χ0n) is 14.6. The van der Waals surface area contributed by atoms with Crippen LogP contribution in [0.15, 0.2) is 59.7 Å². The number of nitrogens with zero attached hydrogens (tertiary/aromatic N) is 4. The highest BCUT2D eigenvalue weighted by Crippen LogP contribution is 2.28. The van der Waals surface area contributed by atoms with Crippen LogP contribution in [0, 0.1) is 0 Å². The van der Waals surface area contributed by atoms with Gasteiger partial charge >= 0.3 is 0 Å². The molecule has 1 aliphatic heterocycles. The number of anilines is 1. The van der Waals surface area contributed by atoms with E-state index in [1.165, 1.54) is 0 Å². The SMILES string of the molecule is O=c1c(Cl)c(-c2ccncc2)nc2n1CCCN2C[C@@H](O)c1ccccc1. The molecule has 1 atom stereocenters. The van der Waals surface area contributed by atoms with Crippen molar-refractivity contribution >= 4 is 17.5 Å². The molecule has 0 saturated carbocycles. The topological polar surface area (TPSA) is 71.2 Å². The number of hydrogen-bond acceptors (Lipinski definition) is 5. The van der Waals surface area contributed by atoms with Crippen LogP contribution in [0.25, 0.3) is 11.3 Å². The van der Waals surface area contributed by atoms with Gasteiger partial charge in [0.25, 0.3) is 5.56 Å². The number of aromatic nitrogens is 3. The van der Waals surface area contributed by atoms with Crippen molar-refractivity contribution in [2.45, 2.75) is 19.1 Å². The lowest BCUT2D eigenvalue weighted by atomic mass is 10.1. The summed E-state index contributed by atoms with van der Waals surface area (Å²) < 4.78 is 1.59. The molecule has 2 aromatic heterocycles. The summed E-state index contributed by atoms with van der Waals surface area (Å²) in [5.41, 5.74) is 1.76. The van der Waals surface area contributed by atoms with Crippen molar-refractivity contribution in [1.82, 2.24) is 14.5 Å². The zero-order chi connectivity index (χ0) is 18.8. The summed E-state index contributed by atoms with van der Waals surface area (Å²) in [4.78, 5) is 23.4. The molecule has 0 bridgehead atoms. The molecule has 1 N–H and O–H groups in total. The molecule has 3 aromatic rings. The molecule has 0 saturated heterocycles. The van der Waals surface area contributed by atoms with Crippen LogP contribution in [0.2, 0.25) is 5.02 Å². The van der Waals surface area contributed by atoms with Crippen molar-refractivity contribution in [3.05, 3.63) is 75.8 Å². The molecule has 0 aliphatic carbocycles. The number of pyridine rings is 1. The quantitative estimate of drug-likeness (QED) is 0.751. The first-order valence-corrected chi connectivity index (χ1v) is 9.21. The Morgan fingerprint density at radius 1 is 1.11 bits per heavy atom. The summed E-state index contributed by atoms with van der Waals surface area (Å²) in [6.45, 7) is 1.64. The Morgan fingerprint density at radius 3 is 2.59 bits per heavy atom. The Bertz CT molecular complexity index is 992. The third-order valence-corrected chi connectivity index (χ3v) is 5.06. The van der Waals surface area contributed by atoms with Gasteiger partial charge in [-0.2, -0.15) is 0 Å². The Hall–Kier alpha value is -2.70. The molecule has 0 amide bonds. The summed E-state index contributed by atoms with van der Waals surface area (Å²) in [5, 5.41) is 10.7. The molecule has 138 valence electrons. The summed E-state index contributed by atoms with van der Waals surface area (Å²) in [5.74, 6) is 0.539. The van der Waals surface area contributed by atoms with Crippen molar-refractivity contribution in [3.8, 4) is 11.3 Å². The van der Waals surface area contributed by atoms with E-state index in [-0.39, 0.29) is 10.6 Å². The summed E-state index contributed by atoms with van der Waals surface area (Å²) in [6.07, 6.45) is 3.40. The normalized spacial score (nSPS) is 14.7. The highest BCUT2D eigenvalue weighted by atomic mass is 35.5. The summed E-state index contributed by atoms with van der Waals surface area (Å²) >= 11 is 6.33. The second-order valence-corrected chi connectivity index (χ2v) is 6.87. The molecule has 6 nitrogen and oxygen atoms in total. The van der Waals surface area contributed by atoms with Gasteiger partial charge in [0.2, 0.25) is 5.95 Å². The van der Waals surface area contributed by atoms with Gasteiger partial charge in [-0.1, -0.05) is 41.9 Å². The van der Waals surface area contributed by atoms with Crippen LogP contribution in [0.3, 0.4) is 0 Å². The Morgan fingerprint density at radius 2 is 1.85 bits per heavy atom. The largest absolute Gasteiger partial charge is 0.387 e. The van der Waals surface area contributed by atoms with Crippen molar-refractivity contribution in [1.29, 1.82) is 0 Å². The maximum atomic E-state index is 12.8. The average molecular weight is 383 g/mol. The monoisotopic (exact) mass is 382 g/mol. The molecule has 27 heavy (non-hydrogen) atoms. The van der Waals surface area contributed by atoms with Gasteiger partial charge in [0.15, 0.2) is 0 Å². The van der Waals surface area contributed by atoms with Crippen molar-refractivity contribution in [3.63, 3.8) is 0 Å². The van der Waals surface area contributed by atoms with Crippen LogP contribution >= 0.6 is 11.6 Å². The molecular weight excluding hydrogens is 364 g/mol. The van der Waals surface area contributed by atoms with Gasteiger partial charge in [-0.15, -0.1) is 0 Å². The minimum Gasteiger partial charge on any atom is -0.387 e. The lowest BCUT2D eigenvalue weighted by Crippen LogP contribution is -2.41. The van der Waals surface area contributed by atoms with Crippen LogP contribution in [0.4, 0.5) is 5.95 Å². The van der Waals surface area contributed by atoms with Gasteiger partial charge in [0, 0.05) is 31.0 Å². The second kappa shape index (κ2) is 7.50. The minimum atomic E-state index is -0.672. The first-order valence-electron chi connectivity index (χ1n) is 8.84. The van der Waals surface area contributed by atoms with E-state index in [2.05, 4.69) is 4.98 Å². The average Bonchev–Trinajstić information content (AvgIpc) is 2.72. The Labute approximate surface area is 161 Å². The van der Waals surface area contributed by atoms with E-state index in [1.807, 2.05) is 35.2 Å². The fraction of sp³-hybridized carbons (Fsp3) is 0.250. The van der Waals surface area contributed by atoms with E-state index in [0.717, 1.165) is 17.5 Å². The number of aliphatic hydroxyl groups is 1. The van der Waals surface area contributed by atoms with Gasteiger partial charge in [-0.05, 0) is 24.1 Å². The molecular formula is C20H19ClN4O2. The highest BCUT2D eigenvalue weighted by Gasteiger charge is 2.25. The number of aliphatic hydroxyl groups excluding tert-OH is 1. The number of β-amino-alcohol motifs (C(OH)–C–C–N with tert-alkyl or cyclic N) is 1. The smallest absolute Gasteiger partial charge is 0.274 e. The van der Waals surface area contributed by atoms with Crippen LogP contribution in [0.5, 0.6) is 0 Å². The van der Waals surface area contributed by atoms with E-state index >= 15 is 0 Å². The Kier molecular flexibility index (Phi) is 4.92. The standard InChI is InChI=1S/C20H19ClN4O2/c21-17-18(15-7-9-22-10-8-15)23-20-24(11-4-12-25(20)19(17)27)13-16(26)14-5-2-1-3-6-14/h1-3,5-10,16,26H,4,11-13H2/t16-/m1/s1. The van der Waals surface area contributed by atoms with E-state index in [1.54, 1.807) is 29.1 Å².